The molecular weight excluding hydrogens is 561 g/mol. The molecule has 5 rings (SSSR count). The van der Waals surface area contributed by atoms with E-state index in [1.807, 2.05) is 30.3 Å². The molecule has 0 spiro atoms. The number of nitrogens with one attached hydrogen (secondary N) is 1. The van der Waals surface area contributed by atoms with Crippen molar-refractivity contribution >= 4 is 23.5 Å². The summed E-state index contributed by atoms with van der Waals surface area (Å²) >= 11 is 0. The maximum Gasteiger partial charge on any atom is 0.410 e. The SMILES string of the molecule is CC(C)N1CCN(c2ccc(-c3nc(-c4ccc5c(c4)CC(CN(C)C(=O)OC(C)(C)C)NC5=O)c(N)nc3F)cc2)CC1. The summed E-state index contributed by atoms with van der Waals surface area (Å²) in [5, 5.41) is 2.97. The van der Waals surface area contributed by atoms with Crippen LogP contribution in [0.25, 0.3) is 22.5 Å². The van der Waals surface area contributed by atoms with Gasteiger partial charge in [0.2, 0.25) is 5.95 Å². The van der Waals surface area contributed by atoms with Crippen molar-refractivity contribution < 1.29 is 18.7 Å². The van der Waals surface area contributed by atoms with E-state index < -0.39 is 17.6 Å². The molecule has 1 saturated heterocycles. The molecule has 2 aliphatic rings. The number of nitrogens with two attached hydrogens (primary N) is 1. The number of amides is 2. The van der Waals surface area contributed by atoms with Gasteiger partial charge in [0.25, 0.3) is 5.91 Å². The first-order valence-electron chi connectivity index (χ1n) is 15.1. The molecule has 3 N–H and O–H groups in total. The van der Waals surface area contributed by atoms with Gasteiger partial charge >= 0.3 is 6.09 Å². The summed E-state index contributed by atoms with van der Waals surface area (Å²) in [5.74, 6) is -1.01. The summed E-state index contributed by atoms with van der Waals surface area (Å²) in [6.45, 7) is 14.0. The fourth-order valence-corrected chi connectivity index (χ4v) is 5.72. The Bertz CT molecular complexity index is 1530. The Balaban J connectivity index is 1.35. The van der Waals surface area contributed by atoms with Crippen molar-refractivity contribution in [3.05, 3.63) is 59.5 Å². The Morgan fingerprint density at radius 3 is 2.36 bits per heavy atom. The van der Waals surface area contributed by atoms with Crippen molar-refractivity contribution in [1.29, 1.82) is 0 Å². The Hall–Kier alpha value is -4.25. The molecule has 1 fully saturated rings. The van der Waals surface area contributed by atoms with Crippen molar-refractivity contribution in [3.8, 4) is 22.5 Å². The van der Waals surface area contributed by atoms with Gasteiger partial charge in [-0.05, 0) is 70.9 Å². The van der Waals surface area contributed by atoms with Crippen LogP contribution >= 0.6 is 0 Å². The van der Waals surface area contributed by atoms with Gasteiger partial charge in [0.05, 0.1) is 6.04 Å². The number of hydrogen-bond acceptors (Lipinski definition) is 8. The van der Waals surface area contributed by atoms with Gasteiger partial charge in [0.1, 0.15) is 17.0 Å². The molecule has 0 saturated carbocycles. The standard InChI is InChI=1S/C33H42FN7O3/c1-20(2)40-13-15-41(16-14-40)25-10-7-21(8-11-25)27-29(34)38-30(35)28(37-27)22-9-12-26-23(17-22)18-24(36-31(26)42)19-39(6)32(43)44-33(3,4)5/h7-12,17,20,24H,13-16,18-19H2,1-6H3,(H2,35,38)(H,36,42). The molecule has 11 heteroatoms. The Morgan fingerprint density at radius 2 is 1.73 bits per heavy atom. The summed E-state index contributed by atoms with van der Waals surface area (Å²) in [6, 6.07) is 13.2. The van der Waals surface area contributed by atoms with Gasteiger partial charge in [-0.1, -0.05) is 18.2 Å². The minimum absolute atomic E-state index is 0.0349. The monoisotopic (exact) mass is 603 g/mol. The highest BCUT2D eigenvalue weighted by Crippen LogP contribution is 2.32. The highest BCUT2D eigenvalue weighted by atomic mass is 19.1. The number of rotatable bonds is 6. The van der Waals surface area contributed by atoms with Crippen LogP contribution in [0.1, 0.15) is 50.5 Å². The third-order valence-electron chi connectivity index (χ3n) is 8.05. The molecule has 0 radical (unpaired) electrons. The molecule has 234 valence electrons. The molecule has 0 bridgehead atoms. The summed E-state index contributed by atoms with van der Waals surface area (Å²) in [7, 11) is 1.64. The van der Waals surface area contributed by atoms with Crippen LogP contribution in [0, 0.1) is 5.95 Å². The molecular formula is C33H42FN7O3. The molecule has 1 unspecified atom stereocenters. The Morgan fingerprint density at radius 1 is 1.07 bits per heavy atom. The molecule has 2 aromatic carbocycles. The van der Waals surface area contributed by atoms with Crippen molar-refractivity contribution in [2.45, 2.75) is 58.7 Å². The molecule has 1 aromatic heterocycles. The number of ether oxygens (including phenoxy) is 1. The number of nitrogens with zero attached hydrogens (tertiary/aromatic N) is 5. The van der Waals surface area contributed by atoms with Gasteiger partial charge in [-0.3, -0.25) is 9.69 Å². The lowest BCUT2D eigenvalue weighted by Gasteiger charge is -2.38. The second kappa shape index (κ2) is 12.4. The van der Waals surface area contributed by atoms with E-state index in [9.17, 15) is 9.59 Å². The number of carbonyl (C=O) groups is 2. The highest BCUT2D eigenvalue weighted by molar-refractivity contribution is 5.98. The molecule has 10 nitrogen and oxygen atoms in total. The molecule has 44 heavy (non-hydrogen) atoms. The smallest absolute Gasteiger partial charge is 0.410 e. The van der Waals surface area contributed by atoms with Crippen LogP contribution in [0.5, 0.6) is 0 Å². The highest BCUT2D eigenvalue weighted by Gasteiger charge is 2.29. The second-order valence-electron chi connectivity index (χ2n) is 12.9. The second-order valence-corrected chi connectivity index (χ2v) is 12.9. The molecule has 2 amide bonds. The van der Waals surface area contributed by atoms with Crippen molar-refractivity contribution in [1.82, 2.24) is 25.1 Å². The number of hydrogen-bond donors (Lipinski definition) is 2. The molecule has 1 atom stereocenters. The molecule has 3 aromatic rings. The van der Waals surface area contributed by atoms with Gasteiger partial charge in [0.15, 0.2) is 5.82 Å². The summed E-state index contributed by atoms with van der Waals surface area (Å²) in [4.78, 5) is 40.2. The lowest BCUT2D eigenvalue weighted by Crippen LogP contribution is -2.49. The van der Waals surface area contributed by atoms with E-state index in [1.165, 1.54) is 4.90 Å². The maximum atomic E-state index is 15.1. The van der Waals surface area contributed by atoms with Crippen LogP contribution in [0.4, 0.5) is 20.7 Å². The summed E-state index contributed by atoms with van der Waals surface area (Å²) in [5.41, 5.74) is 9.62. The quantitative estimate of drug-likeness (QED) is 0.421. The van der Waals surface area contributed by atoms with Crippen molar-refractivity contribution in [2.75, 3.05) is 50.4 Å². The van der Waals surface area contributed by atoms with Gasteiger partial charge in [-0.25, -0.2) is 9.78 Å². The molecule has 0 aliphatic carbocycles. The van der Waals surface area contributed by atoms with E-state index in [-0.39, 0.29) is 30.0 Å². The summed E-state index contributed by atoms with van der Waals surface area (Å²) in [6.07, 6.45) is 0.0194. The fraction of sp³-hybridized carbons (Fsp3) is 0.455. The number of halogens is 1. The minimum atomic E-state index is -0.743. The average Bonchev–Trinajstić information content (AvgIpc) is 2.96. The zero-order chi connectivity index (χ0) is 31.8. The molecule has 3 heterocycles. The number of fused-ring (bicyclic) bond motifs is 1. The number of benzene rings is 2. The van der Waals surface area contributed by atoms with Crippen LogP contribution in [-0.2, 0) is 11.2 Å². The third-order valence-corrected chi connectivity index (χ3v) is 8.05. The predicted octanol–water partition coefficient (Wildman–Crippen LogP) is 4.58. The van der Waals surface area contributed by atoms with Crippen LogP contribution in [0.2, 0.25) is 0 Å². The van der Waals surface area contributed by atoms with E-state index in [4.69, 9.17) is 10.5 Å². The van der Waals surface area contributed by atoms with Gasteiger partial charge in [-0.15, -0.1) is 0 Å². The van der Waals surface area contributed by atoms with Gasteiger partial charge in [-0.2, -0.15) is 9.37 Å². The van der Waals surface area contributed by atoms with Gasteiger partial charge in [0, 0.05) is 68.2 Å². The Kier molecular flexibility index (Phi) is 8.78. The average molecular weight is 604 g/mol. The first-order valence-corrected chi connectivity index (χ1v) is 15.1. The number of nitrogen functional groups attached to an aromatic ring is 1. The van der Waals surface area contributed by atoms with Crippen LogP contribution in [-0.4, -0.2) is 89.2 Å². The minimum Gasteiger partial charge on any atom is -0.444 e. The lowest BCUT2D eigenvalue weighted by atomic mass is 9.92. The van der Waals surface area contributed by atoms with E-state index in [0.717, 1.165) is 37.4 Å². The number of piperazine rings is 1. The lowest BCUT2D eigenvalue weighted by molar-refractivity contribution is 0.0279. The van der Waals surface area contributed by atoms with Crippen molar-refractivity contribution in [2.24, 2.45) is 0 Å². The third kappa shape index (κ3) is 6.93. The number of likely N-dealkylation sites (N-methyl/N-ethyl adjacent to an activating group) is 1. The zero-order valence-electron chi connectivity index (χ0n) is 26.4. The van der Waals surface area contributed by atoms with E-state index in [0.29, 0.717) is 34.8 Å². The topological polar surface area (TPSA) is 117 Å². The first-order chi connectivity index (χ1) is 20.8. The maximum absolute atomic E-state index is 15.1. The van der Waals surface area contributed by atoms with Crippen LogP contribution in [0.15, 0.2) is 42.5 Å². The fourth-order valence-electron chi connectivity index (χ4n) is 5.72. The first kappa shape index (κ1) is 31.2. The number of aromatic nitrogens is 2. The number of carbonyl (C=O) groups excluding carboxylic acids is 2. The predicted molar refractivity (Wildman–Crippen MR) is 170 cm³/mol. The normalized spacial score (nSPS) is 17.3. The van der Waals surface area contributed by atoms with Gasteiger partial charge < -0.3 is 25.6 Å². The zero-order valence-corrected chi connectivity index (χ0v) is 26.4. The number of anilines is 2. The van der Waals surface area contributed by atoms with Crippen molar-refractivity contribution in [3.63, 3.8) is 0 Å². The van der Waals surface area contributed by atoms with E-state index in [1.54, 1.807) is 40.0 Å². The largest absolute Gasteiger partial charge is 0.444 e. The molecule has 2 aliphatic heterocycles. The van der Waals surface area contributed by atoms with Crippen LogP contribution < -0.4 is 16.0 Å². The Labute approximate surface area is 258 Å². The summed E-state index contributed by atoms with van der Waals surface area (Å²) < 4.78 is 20.6. The van der Waals surface area contributed by atoms with E-state index >= 15 is 4.39 Å². The van der Waals surface area contributed by atoms with E-state index in [2.05, 4.69) is 38.9 Å². The van der Waals surface area contributed by atoms with Crippen LogP contribution in [0.3, 0.4) is 0 Å².